The van der Waals surface area contributed by atoms with Crippen molar-refractivity contribution in [2.24, 2.45) is 0 Å². The number of hydrogen-bond acceptors (Lipinski definition) is 4. The molecule has 4 heteroatoms. The van der Waals surface area contributed by atoms with E-state index in [2.05, 4.69) is 0 Å². The van der Waals surface area contributed by atoms with E-state index in [0.717, 1.165) is 22.5 Å². The van der Waals surface area contributed by atoms with Crippen molar-refractivity contribution in [3.8, 4) is 5.75 Å². The van der Waals surface area contributed by atoms with E-state index in [0.29, 0.717) is 10.3 Å². The zero-order valence-electron chi connectivity index (χ0n) is 7.25. The molecule has 0 unspecified atom stereocenters. The van der Waals surface area contributed by atoms with Gasteiger partial charge in [-0.15, -0.1) is 0 Å². The number of rotatable bonds is 0. The van der Waals surface area contributed by atoms with Crippen LogP contribution in [0.3, 0.4) is 0 Å². The van der Waals surface area contributed by atoms with E-state index >= 15 is 0 Å². The Kier molecular flexibility index (Phi) is 1.66. The summed E-state index contributed by atoms with van der Waals surface area (Å²) in [5.74, 6) is 0.210. The Morgan fingerprint density at radius 1 is 1.38 bits per heavy atom. The highest BCUT2D eigenvalue weighted by atomic mass is 32.1. The molecule has 0 aliphatic carbocycles. The summed E-state index contributed by atoms with van der Waals surface area (Å²) in [4.78, 5) is 10.6. The summed E-state index contributed by atoms with van der Waals surface area (Å²) in [6, 6.07) is 1.56. The van der Waals surface area contributed by atoms with Crippen molar-refractivity contribution in [1.82, 2.24) is 0 Å². The predicted octanol–water partition coefficient (Wildman–Crippen LogP) is 2.18. The zero-order chi connectivity index (χ0) is 9.59. The lowest BCUT2D eigenvalue weighted by Crippen LogP contribution is -1.83. The molecule has 0 bridgehead atoms. The fourth-order valence-corrected chi connectivity index (χ4v) is 2.00. The van der Waals surface area contributed by atoms with Crippen molar-refractivity contribution in [2.75, 3.05) is 0 Å². The van der Waals surface area contributed by atoms with Crippen molar-refractivity contribution in [3.05, 3.63) is 26.9 Å². The third-order valence-electron chi connectivity index (χ3n) is 2.16. The van der Waals surface area contributed by atoms with Crippen molar-refractivity contribution in [3.63, 3.8) is 0 Å². The van der Waals surface area contributed by atoms with Crippen LogP contribution in [0.4, 0.5) is 0 Å². The Morgan fingerprint density at radius 2 is 2.08 bits per heavy atom. The number of phenolic OH excluding ortho intramolecular Hbond substituents is 1. The van der Waals surface area contributed by atoms with Crippen LogP contribution in [0.2, 0.25) is 0 Å². The topological polar surface area (TPSA) is 50.4 Å². The molecule has 0 aliphatic heterocycles. The lowest BCUT2D eigenvalue weighted by Gasteiger charge is -2.01. The number of benzene rings is 1. The molecule has 1 heterocycles. The molecule has 0 spiro atoms. The minimum absolute atomic E-state index is 0.210. The summed E-state index contributed by atoms with van der Waals surface area (Å²) in [5.41, 5.74) is 2.17. The van der Waals surface area contributed by atoms with Gasteiger partial charge in [0.25, 0.3) is 0 Å². The van der Waals surface area contributed by atoms with E-state index < -0.39 is 0 Å². The molecule has 2 rings (SSSR count). The summed E-state index contributed by atoms with van der Waals surface area (Å²) in [6.45, 7) is 3.62. The van der Waals surface area contributed by atoms with Crippen LogP contribution in [-0.2, 0) is 0 Å². The van der Waals surface area contributed by atoms with Gasteiger partial charge < -0.3 is 9.52 Å². The maximum Gasteiger partial charge on any atom is 0.396 e. The van der Waals surface area contributed by atoms with Crippen LogP contribution in [0.25, 0.3) is 10.3 Å². The van der Waals surface area contributed by atoms with Gasteiger partial charge >= 0.3 is 4.94 Å². The van der Waals surface area contributed by atoms with Crippen molar-refractivity contribution >= 4 is 21.6 Å². The standard InChI is InChI=1S/C9H8O3S/c1-4-5(2)8-7(3-6(4)10)13-9(11)12-8/h3,10H,1-2H3. The number of aryl methyl sites for hydroxylation is 1. The third-order valence-corrected chi connectivity index (χ3v) is 2.93. The molecule has 1 aromatic heterocycles. The summed E-state index contributed by atoms with van der Waals surface area (Å²) < 4.78 is 5.69. The minimum atomic E-state index is -0.330. The molecule has 0 fully saturated rings. The molecule has 2 aromatic rings. The van der Waals surface area contributed by atoms with Gasteiger partial charge in [-0.2, -0.15) is 0 Å². The molecule has 3 nitrogen and oxygen atoms in total. The normalized spacial score (nSPS) is 10.9. The van der Waals surface area contributed by atoms with E-state index in [9.17, 15) is 9.90 Å². The first-order valence-electron chi connectivity index (χ1n) is 3.82. The Balaban J connectivity index is 3.00. The van der Waals surface area contributed by atoms with Gasteiger partial charge in [0.2, 0.25) is 0 Å². The maximum atomic E-state index is 10.9. The number of fused-ring (bicyclic) bond motifs is 1. The fourth-order valence-electron chi connectivity index (χ4n) is 1.24. The Hall–Kier alpha value is -1.29. The summed E-state index contributed by atoms with van der Waals surface area (Å²) >= 11 is 1.01. The first kappa shape index (κ1) is 8.31. The van der Waals surface area contributed by atoms with E-state index in [1.54, 1.807) is 13.0 Å². The smallest absolute Gasteiger partial charge is 0.396 e. The van der Waals surface area contributed by atoms with Gasteiger partial charge in [-0.05, 0) is 25.0 Å². The highest BCUT2D eigenvalue weighted by molar-refractivity contribution is 7.16. The largest absolute Gasteiger partial charge is 0.508 e. The summed E-state index contributed by atoms with van der Waals surface area (Å²) in [5, 5.41) is 9.47. The molecule has 0 amide bonds. The Bertz CT molecular complexity index is 521. The monoisotopic (exact) mass is 196 g/mol. The van der Waals surface area contributed by atoms with Crippen LogP contribution in [0.5, 0.6) is 5.75 Å². The quantitative estimate of drug-likeness (QED) is 0.702. The zero-order valence-corrected chi connectivity index (χ0v) is 8.07. The average Bonchev–Trinajstić information content (AvgIpc) is 2.42. The molecule has 13 heavy (non-hydrogen) atoms. The lowest BCUT2D eigenvalue weighted by atomic mass is 10.1. The molecule has 1 aromatic carbocycles. The Morgan fingerprint density at radius 3 is 2.77 bits per heavy atom. The van der Waals surface area contributed by atoms with E-state index in [1.165, 1.54) is 0 Å². The first-order chi connectivity index (χ1) is 6.09. The third kappa shape index (κ3) is 1.14. The van der Waals surface area contributed by atoms with Gasteiger partial charge in [-0.3, -0.25) is 0 Å². The van der Waals surface area contributed by atoms with E-state index in [-0.39, 0.29) is 10.7 Å². The van der Waals surface area contributed by atoms with Crippen LogP contribution in [0, 0.1) is 13.8 Å². The second kappa shape index (κ2) is 2.60. The van der Waals surface area contributed by atoms with Crippen LogP contribution in [0.1, 0.15) is 11.1 Å². The second-order valence-electron chi connectivity index (χ2n) is 2.93. The number of phenols is 1. The highest BCUT2D eigenvalue weighted by Gasteiger charge is 2.10. The predicted molar refractivity (Wildman–Crippen MR) is 51.5 cm³/mol. The molecule has 0 radical (unpaired) electrons. The summed E-state index contributed by atoms with van der Waals surface area (Å²) in [7, 11) is 0. The number of hydrogen-bond donors (Lipinski definition) is 1. The van der Waals surface area contributed by atoms with Gasteiger partial charge in [0.15, 0.2) is 5.58 Å². The van der Waals surface area contributed by atoms with Crippen LogP contribution in [0.15, 0.2) is 15.3 Å². The molecule has 0 saturated carbocycles. The molecule has 0 atom stereocenters. The fraction of sp³-hybridized carbons (Fsp3) is 0.222. The number of aromatic hydroxyl groups is 1. The van der Waals surface area contributed by atoms with Crippen molar-refractivity contribution in [2.45, 2.75) is 13.8 Å². The first-order valence-corrected chi connectivity index (χ1v) is 4.64. The van der Waals surface area contributed by atoms with E-state index in [1.807, 2.05) is 6.92 Å². The van der Waals surface area contributed by atoms with Crippen LogP contribution >= 0.6 is 11.3 Å². The lowest BCUT2D eigenvalue weighted by molar-refractivity contribution is 0.471. The molecule has 0 saturated heterocycles. The van der Waals surface area contributed by atoms with E-state index in [4.69, 9.17) is 4.42 Å². The van der Waals surface area contributed by atoms with Gasteiger partial charge in [0.1, 0.15) is 5.75 Å². The second-order valence-corrected chi connectivity index (χ2v) is 3.90. The molecule has 0 aliphatic rings. The SMILES string of the molecule is Cc1c(O)cc2sc(=O)oc2c1C. The molecule has 68 valence electrons. The van der Waals surface area contributed by atoms with Crippen molar-refractivity contribution < 1.29 is 9.52 Å². The molecular formula is C9H8O3S. The van der Waals surface area contributed by atoms with Gasteiger partial charge in [-0.25, -0.2) is 4.79 Å². The minimum Gasteiger partial charge on any atom is -0.508 e. The van der Waals surface area contributed by atoms with Gasteiger partial charge in [-0.1, -0.05) is 11.3 Å². The van der Waals surface area contributed by atoms with Crippen LogP contribution in [-0.4, -0.2) is 5.11 Å². The maximum absolute atomic E-state index is 10.9. The molecule has 1 N–H and O–H groups in total. The molecular weight excluding hydrogens is 188 g/mol. The van der Waals surface area contributed by atoms with Crippen molar-refractivity contribution in [1.29, 1.82) is 0 Å². The highest BCUT2D eigenvalue weighted by Crippen LogP contribution is 2.30. The summed E-state index contributed by atoms with van der Waals surface area (Å²) in [6.07, 6.45) is 0. The van der Waals surface area contributed by atoms with Gasteiger partial charge in [0, 0.05) is 6.07 Å². The average molecular weight is 196 g/mol. The Labute approximate surface area is 78.2 Å². The van der Waals surface area contributed by atoms with Crippen LogP contribution < -0.4 is 4.94 Å². The van der Waals surface area contributed by atoms with Gasteiger partial charge in [0.05, 0.1) is 4.70 Å².